The number of para-hydroxylation sites is 2. The molecule has 5 rings (SSSR count). The molecule has 0 atom stereocenters. The van der Waals surface area contributed by atoms with Crippen LogP contribution in [-0.2, 0) is 0 Å². The summed E-state index contributed by atoms with van der Waals surface area (Å²) < 4.78 is 7.54. The Kier molecular flexibility index (Phi) is 6.16. The van der Waals surface area contributed by atoms with E-state index in [0.717, 1.165) is 17.0 Å². The van der Waals surface area contributed by atoms with Crippen LogP contribution in [0.5, 0.6) is 5.75 Å². The summed E-state index contributed by atoms with van der Waals surface area (Å²) in [4.78, 5) is 19.9. The highest BCUT2D eigenvalue weighted by atomic mass is 16.5. The predicted molar refractivity (Wildman–Crippen MR) is 141 cm³/mol. The van der Waals surface area contributed by atoms with Gasteiger partial charge in [-0.2, -0.15) is 10.4 Å². The normalized spacial score (nSPS) is 11.6. The molecular weight excluding hydrogens is 450 g/mol. The van der Waals surface area contributed by atoms with Crippen LogP contribution >= 0.6 is 0 Å². The van der Waals surface area contributed by atoms with E-state index in [9.17, 15) is 10.1 Å². The van der Waals surface area contributed by atoms with Gasteiger partial charge in [0.2, 0.25) is 0 Å². The molecule has 2 heterocycles. The van der Waals surface area contributed by atoms with Crippen LogP contribution in [0, 0.1) is 11.3 Å². The van der Waals surface area contributed by atoms with Crippen LogP contribution < -0.4 is 10.3 Å². The lowest BCUT2D eigenvalue weighted by Crippen LogP contribution is -2.11. The minimum Gasteiger partial charge on any atom is -0.491 e. The van der Waals surface area contributed by atoms with E-state index in [4.69, 9.17) is 9.84 Å². The van der Waals surface area contributed by atoms with E-state index >= 15 is 0 Å². The van der Waals surface area contributed by atoms with E-state index in [0.29, 0.717) is 22.2 Å². The number of benzene rings is 3. The lowest BCUT2D eigenvalue weighted by molar-refractivity contribution is 0.242. The SMILES string of the molecule is CC(C)Oc1ccc(-c2nn(-c3ccccc3)cc2/C=C(\C#N)c2nc3ccccc3c(=O)[nH]2)cc1. The van der Waals surface area contributed by atoms with Crippen molar-refractivity contribution in [1.29, 1.82) is 5.26 Å². The Bertz CT molecular complexity index is 1660. The number of rotatable bonds is 6. The van der Waals surface area contributed by atoms with E-state index in [-0.39, 0.29) is 23.1 Å². The highest BCUT2D eigenvalue weighted by Crippen LogP contribution is 2.29. The van der Waals surface area contributed by atoms with Gasteiger partial charge in [0.15, 0.2) is 5.82 Å². The largest absolute Gasteiger partial charge is 0.491 e. The molecule has 5 aromatic rings. The first-order valence-electron chi connectivity index (χ1n) is 11.6. The summed E-state index contributed by atoms with van der Waals surface area (Å²) in [6.07, 6.45) is 3.63. The highest BCUT2D eigenvalue weighted by molar-refractivity contribution is 5.91. The van der Waals surface area contributed by atoms with Gasteiger partial charge in [0.05, 0.1) is 34.0 Å². The van der Waals surface area contributed by atoms with Crippen molar-refractivity contribution in [3.05, 3.63) is 107 Å². The molecule has 176 valence electrons. The number of nitrogens with zero attached hydrogens (tertiary/aromatic N) is 4. The second kappa shape index (κ2) is 9.72. The summed E-state index contributed by atoms with van der Waals surface area (Å²) in [7, 11) is 0. The van der Waals surface area contributed by atoms with Crippen molar-refractivity contribution < 1.29 is 4.74 Å². The zero-order valence-electron chi connectivity index (χ0n) is 19.8. The molecule has 0 saturated carbocycles. The van der Waals surface area contributed by atoms with E-state index in [2.05, 4.69) is 16.0 Å². The third kappa shape index (κ3) is 4.65. The van der Waals surface area contributed by atoms with E-state index in [1.165, 1.54) is 0 Å². The maximum atomic E-state index is 12.6. The zero-order valence-corrected chi connectivity index (χ0v) is 19.8. The van der Waals surface area contributed by atoms with Crippen LogP contribution in [0.25, 0.3) is 39.5 Å². The molecule has 1 N–H and O–H groups in total. The van der Waals surface area contributed by atoms with Crippen molar-refractivity contribution in [1.82, 2.24) is 19.7 Å². The van der Waals surface area contributed by atoms with Gasteiger partial charge in [-0.1, -0.05) is 30.3 Å². The van der Waals surface area contributed by atoms with Gasteiger partial charge in [-0.05, 0) is 68.5 Å². The van der Waals surface area contributed by atoms with Gasteiger partial charge in [-0.3, -0.25) is 4.79 Å². The number of nitrogens with one attached hydrogen (secondary N) is 1. The molecule has 0 unspecified atom stereocenters. The van der Waals surface area contributed by atoms with Crippen LogP contribution in [0.1, 0.15) is 25.2 Å². The molecule has 3 aromatic carbocycles. The highest BCUT2D eigenvalue weighted by Gasteiger charge is 2.15. The lowest BCUT2D eigenvalue weighted by Gasteiger charge is -2.09. The number of hydrogen-bond acceptors (Lipinski definition) is 5. The number of H-pyrrole nitrogens is 1. The number of allylic oxidation sites excluding steroid dienone is 1. The fourth-order valence-corrected chi connectivity index (χ4v) is 3.92. The first-order chi connectivity index (χ1) is 17.5. The van der Waals surface area contributed by atoms with Crippen molar-refractivity contribution >= 4 is 22.6 Å². The quantitative estimate of drug-likeness (QED) is 0.323. The molecule has 0 saturated heterocycles. The standard InChI is InChI=1S/C29H23N5O2/c1-19(2)36-24-14-12-20(13-15-24)27-22(18-34(33-27)23-8-4-3-5-9-23)16-21(17-30)28-31-26-11-7-6-10-25(26)29(35)32-28/h3-16,18-19H,1-2H3,(H,31,32,35)/b21-16+. The minimum absolute atomic E-state index is 0.0708. The Labute approximate surface area is 207 Å². The number of hydrogen-bond donors (Lipinski definition) is 1. The number of aromatic amines is 1. The Morgan fingerprint density at radius 3 is 2.47 bits per heavy atom. The Hall–Kier alpha value is -4.96. The summed E-state index contributed by atoms with van der Waals surface area (Å²) in [6.45, 7) is 3.96. The van der Waals surface area contributed by atoms with Crippen molar-refractivity contribution in [2.75, 3.05) is 0 Å². The van der Waals surface area contributed by atoms with Crippen LogP contribution in [-0.4, -0.2) is 25.9 Å². The fourth-order valence-electron chi connectivity index (χ4n) is 3.92. The van der Waals surface area contributed by atoms with Gasteiger partial charge in [0.1, 0.15) is 11.8 Å². The molecule has 0 aliphatic rings. The van der Waals surface area contributed by atoms with Crippen molar-refractivity contribution in [3.8, 4) is 28.8 Å². The van der Waals surface area contributed by atoms with Gasteiger partial charge in [-0.15, -0.1) is 0 Å². The Morgan fingerprint density at radius 1 is 1.03 bits per heavy atom. The molecule has 7 heteroatoms. The molecule has 7 nitrogen and oxygen atoms in total. The molecular formula is C29H23N5O2. The van der Waals surface area contributed by atoms with Crippen LogP contribution in [0.2, 0.25) is 0 Å². The van der Waals surface area contributed by atoms with Crippen LogP contribution in [0.15, 0.2) is 89.9 Å². The first kappa shape index (κ1) is 22.8. The minimum atomic E-state index is -0.294. The molecule has 0 radical (unpaired) electrons. The second-order valence-corrected chi connectivity index (χ2v) is 8.51. The monoisotopic (exact) mass is 473 g/mol. The maximum absolute atomic E-state index is 12.6. The number of aromatic nitrogens is 4. The maximum Gasteiger partial charge on any atom is 0.259 e. The van der Waals surface area contributed by atoms with Crippen molar-refractivity contribution in [2.24, 2.45) is 0 Å². The summed E-state index contributed by atoms with van der Waals surface area (Å²) in [5, 5.41) is 15.3. The molecule has 0 aliphatic heterocycles. The number of nitriles is 1. The van der Waals surface area contributed by atoms with E-state index < -0.39 is 0 Å². The van der Waals surface area contributed by atoms with Gasteiger partial charge in [0.25, 0.3) is 5.56 Å². The molecule has 0 aliphatic carbocycles. The summed E-state index contributed by atoms with van der Waals surface area (Å²) in [5.74, 6) is 0.976. The van der Waals surface area contributed by atoms with Crippen LogP contribution in [0.3, 0.4) is 0 Å². The number of fused-ring (bicyclic) bond motifs is 1. The van der Waals surface area contributed by atoms with Crippen molar-refractivity contribution in [3.63, 3.8) is 0 Å². The molecule has 0 fully saturated rings. The van der Waals surface area contributed by atoms with Gasteiger partial charge >= 0.3 is 0 Å². The third-order valence-corrected chi connectivity index (χ3v) is 5.55. The van der Waals surface area contributed by atoms with Crippen LogP contribution in [0.4, 0.5) is 0 Å². The topological polar surface area (TPSA) is 96.6 Å². The summed E-state index contributed by atoms with van der Waals surface area (Å²) in [5.41, 5.74) is 3.61. The average Bonchev–Trinajstić information content (AvgIpc) is 3.32. The first-order valence-corrected chi connectivity index (χ1v) is 11.6. The number of ether oxygens (including phenoxy) is 1. The van der Waals surface area contributed by atoms with E-state index in [1.807, 2.05) is 80.7 Å². The Morgan fingerprint density at radius 2 is 1.75 bits per heavy atom. The van der Waals surface area contributed by atoms with Gasteiger partial charge in [-0.25, -0.2) is 9.67 Å². The smallest absolute Gasteiger partial charge is 0.259 e. The molecule has 0 spiro atoms. The van der Waals surface area contributed by atoms with Crippen molar-refractivity contribution in [2.45, 2.75) is 20.0 Å². The molecule has 36 heavy (non-hydrogen) atoms. The third-order valence-electron chi connectivity index (χ3n) is 5.55. The summed E-state index contributed by atoms with van der Waals surface area (Å²) >= 11 is 0. The summed E-state index contributed by atoms with van der Waals surface area (Å²) in [6, 6.07) is 26.6. The zero-order chi connectivity index (χ0) is 25.1. The van der Waals surface area contributed by atoms with E-state index in [1.54, 1.807) is 29.0 Å². The Balaban J connectivity index is 1.64. The predicted octanol–water partition coefficient (Wildman–Crippen LogP) is 5.63. The molecule has 0 bridgehead atoms. The average molecular weight is 474 g/mol. The lowest BCUT2D eigenvalue weighted by atomic mass is 10.1. The van der Waals surface area contributed by atoms with Gasteiger partial charge < -0.3 is 9.72 Å². The fraction of sp³-hybridized carbons (Fsp3) is 0.103. The second-order valence-electron chi connectivity index (χ2n) is 8.51. The van der Waals surface area contributed by atoms with Gasteiger partial charge in [0, 0.05) is 17.3 Å². The molecule has 2 aromatic heterocycles. The molecule has 0 amide bonds.